The van der Waals surface area contributed by atoms with Gasteiger partial charge in [-0.2, -0.15) is 5.10 Å². The van der Waals surface area contributed by atoms with E-state index in [1.807, 2.05) is 10.9 Å². The summed E-state index contributed by atoms with van der Waals surface area (Å²) in [5.41, 5.74) is 3.27. The summed E-state index contributed by atoms with van der Waals surface area (Å²) >= 11 is 0. The van der Waals surface area contributed by atoms with Crippen molar-refractivity contribution in [2.75, 3.05) is 31.1 Å². The Balaban J connectivity index is 1.49. The van der Waals surface area contributed by atoms with Gasteiger partial charge >= 0.3 is 0 Å². The Morgan fingerprint density at radius 3 is 2.82 bits per heavy atom. The molecule has 2 aromatic heterocycles. The molecule has 0 spiro atoms. The van der Waals surface area contributed by atoms with E-state index in [-0.39, 0.29) is 5.56 Å². The quantitative estimate of drug-likeness (QED) is 0.861. The van der Waals surface area contributed by atoms with Crippen molar-refractivity contribution < 1.29 is 0 Å². The number of anilines is 1. The van der Waals surface area contributed by atoms with Gasteiger partial charge < -0.3 is 4.90 Å². The Bertz CT molecular complexity index is 879. The third kappa shape index (κ3) is 4.04. The van der Waals surface area contributed by atoms with E-state index >= 15 is 0 Å². The average molecular weight is 383 g/mol. The monoisotopic (exact) mass is 382 g/mol. The molecule has 7 nitrogen and oxygen atoms in total. The molecule has 1 atom stereocenters. The van der Waals surface area contributed by atoms with Crippen LogP contribution in [0.5, 0.6) is 0 Å². The van der Waals surface area contributed by atoms with Gasteiger partial charge in [-0.05, 0) is 45.6 Å². The number of rotatable bonds is 5. The molecule has 2 aromatic rings. The third-order valence-corrected chi connectivity index (χ3v) is 6.04. The molecule has 2 fully saturated rings. The summed E-state index contributed by atoms with van der Waals surface area (Å²) in [6, 6.07) is 1.70. The average Bonchev–Trinajstić information content (AvgIpc) is 3.08. The van der Waals surface area contributed by atoms with Crippen LogP contribution in [0, 0.1) is 6.92 Å². The van der Waals surface area contributed by atoms with Crippen LogP contribution in [0.1, 0.15) is 55.0 Å². The van der Waals surface area contributed by atoms with Gasteiger partial charge in [0.1, 0.15) is 0 Å². The van der Waals surface area contributed by atoms with Gasteiger partial charge in [0, 0.05) is 55.6 Å². The van der Waals surface area contributed by atoms with Crippen LogP contribution in [0.3, 0.4) is 0 Å². The van der Waals surface area contributed by atoms with Crippen molar-refractivity contribution in [1.82, 2.24) is 24.6 Å². The smallest absolute Gasteiger partial charge is 0.252 e. The van der Waals surface area contributed by atoms with E-state index in [1.54, 1.807) is 12.3 Å². The maximum atomic E-state index is 12.3. The first kappa shape index (κ1) is 18.9. The maximum Gasteiger partial charge on any atom is 0.252 e. The Morgan fingerprint density at radius 1 is 1.25 bits per heavy atom. The second-order valence-corrected chi connectivity index (χ2v) is 8.00. The summed E-state index contributed by atoms with van der Waals surface area (Å²) in [5.74, 6) is 1.05. The Hall–Kier alpha value is -2.41. The molecule has 2 aliphatic rings. The summed E-state index contributed by atoms with van der Waals surface area (Å²) in [7, 11) is 0. The minimum absolute atomic E-state index is 0.0363. The maximum absolute atomic E-state index is 12.3. The van der Waals surface area contributed by atoms with Crippen molar-refractivity contribution in [2.24, 2.45) is 0 Å². The Labute approximate surface area is 166 Å². The van der Waals surface area contributed by atoms with Gasteiger partial charge in [0.05, 0.1) is 11.9 Å². The lowest BCUT2D eigenvalue weighted by molar-refractivity contribution is 0.198. The third-order valence-electron chi connectivity index (χ3n) is 6.04. The number of H-pyrrole nitrogens is 1. The summed E-state index contributed by atoms with van der Waals surface area (Å²) in [6.07, 6.45) is 9.47. The zero-order valence-corrected chi connectivity index (χ0v) is 16.7. The largest absolute Gasteiger partial charge is 0.342 e. The highest BCUT2D eigenvalue weighted by atomic mass is 16.1. The molecule has 4 rings (SSSR count). The van der Waals surface area contributed by atoms with E-state index in [0.29, 0.717) is 5.92 Å². The van der Waals surface area contributed by atoms with Crippen LogP contribution in [0.4, 0.5) is 5.95 Å². The normalized spacial score (nSPS) is 21.0. The lowest BCUT2D eigenvalue weighted by Gasteiger charge is -2.33. The molecule has 0 saturated carbocycles. The predicted molar refractivity (Wildman–Crippen MR) is 112 cm³/mol. The minimum atomic E-state index is -0.0363. The zero-order chi connectivity index (χ0) is 19.5. The van der Waals surface area contributed by atoms with Gasteiger partial charge in [0.2, 0.25) is 5.95 Å². The molecule has 4 heterocycles. The van der Waals surface area contributed by atoms with Crippen molar-refractivity contribution in [2.45, 2.75) is 51.5 Å². The zero-order valence-electron chi connectivity index (χ0n) is 16.7. The molecule has 0 unspecified atom stereocenters. The molecule has 0 aromatic carbocycles. The number of nitrogens with one attached hydrogen (secondary N) is 1. The summed E-state index contributed by atoms with van der Waals surface area (Å²) in [5, 5.41) is 4.36. The number of piperidine rings is 2. The van der Waals surface area contributed by atoms with E-state index in [2.05, 4.69) is 33.4 Å². The molecule has 0 radical (unpaired) electrons. The molecule has 2 aliphatic heterocycles. The first-order chi connectivity index (χ1) is 13.6. The number of hydrogen-bond acceptors (Lipinski definition) is 5. The summed E-state index contributed by atoms with van der Waals surface area (Å²) in [4.78, 5) is 24.8. The number of hydrogen-bond donors (Lipinski definition) is 1. The fourth-order valence-corrected chi connectivity index (χ4v) is 4.41. The molecule has 0 bridgehead atoms. The first-order valence-corrected chi connectivity index (χ1v) is 10.4. The number of nitrogens with zero attached hydrogens (tertiary/aromatic N) is 5. The van der Waals surface area contributed by atoms with Crippen LogP contribution < -0.4 is 10.5 Å². The van der Waals surface area contributed by atoms with Crippen molar-refractivity contribution in [3.8, 4) is 0 Å². The van der Waals surface area contributed by atoms with Crippen molar-refractivity contribution in [1.29, 1.82) is 0 Å². The predicted octanol–water partition coefficient (Wildman–Crippen LogP) is 2.75. The standard InChI is InChI=1S/C21H30N6O/c1-3-27-16(2)18(13-22-27)15-25-9-7-8-17(14-25)19-12-20(28)24-21(23-19)26-10-5-4-6-11-26/h3,12-13,17H,1,4-11,14-15H2,2H3,(H,23,24,28)/t17-/m0/s1. The molecule has 2 saturated heterocycles. The summed E-state index contributed by atoms with van der Waals surface area (Å²) < 4.78 is 1.82. The van der Waals surface area contributed by atoms with E-state index in [4.69, 9.17) is 4.98 Å². The molecule has 28 heavy (non-hydrogen) atoms. The van der Waals surface area contributed by atoms with Crippen molar-refractivity contribution >= 4 is 12.1 Å². The Morgan fingerprint density at radius 2 is 2.07 bits per heavy atom. The first-order valence-electron chi connectivity index (χ1n) is 10.4. The fraction of sp³-hybridized carbons (Fsp3) is 0.571. The van der Waals surface area contributed by atoms with Crippen LogP contribution in [-0.4, -0.2) is 50.8 Å². The number of likely N-dealkylation sites (tertiary alicyclic amines) is 1. The lowest BCUT2D eigenvalue weighted by Crippen LogP contribution is -2.36. The van der Waals surface area contributed by atoms with Crippen LogP contribution in [0.15, 0.2) is 23.6 Å². The highest BCUT2D eigenvalue weighted by Crippen LogP contribution is 2.27. The van der Waals surface area contributed by atoms with Gasteiger partial charge in [-0.15, -0.1) is 0 Å². The molecule has 0 aliphatic carbocycles. The Kier molecular flexibility index (Phi) is 5.62. The highest BCUT2D eigenvalue weighted by molar-refractivity contribution is 5.32. The highest BCUT2D eigenvalue weighted by Gasteiger charge is 2.25. The molecule has 1 N–H and O–H groups in total. The fourth-order valence-electron chi connectivity index (χ4n) is 4.41. The second kappa shape index (κ2) is 8.31. The van der Waals surface area contributed by atoms with Crippen LogP contribution in [-0.2, 0) is 6.54 Å². The molecule has 0 amide bonds. The van der Waals surface area contributed by atoms with E-state index < -0.39 is 0 Å². The topological polar surface area (TPSA) is 70.1 Å². The molecular weight excluding hydrogens is 352 g/mol. The molecular formula is C21H30N6O. The van der Waals surface area contributed by atoms with Crippen LogP contribution >= 0.6 is 0 Å². The number of aromatic nitrogens is 4. The second-order valence-electron chi connectivity index (χ2n) is 8.00. The van der Waals surface area contributed by atoms with E-state index in [0.717, 1.165) is 62.9 Å². The van der Waals surface area contributed by atoms with Crippen molar-refractivity contribution in [3.05, 3.63) is 46.1 Å². The van der Waals surface area contributed by atoms with Crippen molar-refractivity contribution in [3.63, 3.8) is 0 Å². The van der Waals surface area contributed by atoms with Crippen LogP contribution in [0.25, 0.3) is 6.20 Å². The summed E-state index contributed by atoms with van der Waals surface area (Å²) in [6.45, 7) is 10.7. The van der Waals surface area contributed by atoms with Gasteiger partial charge in [0.25, 0.3) is 5.56 Å². The molecule has 150 valence electrons. The molecule has 7 heteroatoms. The van der Waals surface area contributed by atoms with Gasteiger partial charge in [-0.3, -0.25) is 14.7 Å². The van der Waals surface area contributed by atoms with Gasteiger partial charge in [0.15, 0.2) is 0 Å². The van der Waals surface area contributed by atoms with E-state index in [9.17, 15) is 4.79 Å². The lowest BCUT2D eigenvalue weighted by atomic mass is 9.94. The SMILES string of the molecule is C=Cn1ncc(CN2CCC[C@H](c3cc(=O)[nH]c(N4CCCCC4)n3)C2)c1C. The van der Waals surface area contributed by atoms with E-state index in [1.165, 1.54) is 24.8 Å². The van der Waals surface area contributed by atoms with Gasteiger partial charge in [-0.1, -0.05) is 6.58 Å². The van der Waals surface area contributed by atoms with Crippen LogP contribution in [0.2, 0.25) is 0 Å². The number of aromatic amines is 1. The minimum Gasteiger partial charge on any atom is -0.342 e. The van der Waals surface area contributed by atoms with Gasteiger partial charge in [-0.25, -0.2) is 9.67 Å².